The van der Waals surface area contributed by atoms with Crippen molar-refractivity contribution in [1.82, 2.24) is 9.88 Å². The molecule has 0 unspecified atom stereocenters. The van der Waals surface area contributed by atoms with Gasteiger partial charge in [0, 0.05) is 11.9 Å². The molecule has 0 spiro atoms. The molecule has 0 atom stereocenters. The highest BCUT2D eigenvalue weighted by Crippen LogP contribution is 2.21. The van der Waals surface area contributed by atoms with Gasteiger partial charge >= 0.3 is 0 Å². The average Bonchev–Trinajstić information content (AvgIpc) is 2.76. The minimum atomic E-state index is -0.234. The van der Waals surface area contributed by atoms with Crippen LogP contribution in [0.15, 0.2) is 5.38 Å². The summed E-state index contributed by atoms with van der Waals surface area (Å²) in [5, 5.41) is 2.73. The topological polar surface area (TPSA) is 42.4 Å². The van der Waals surface area contributed by atoms with Crippen molar-refractivity contribution < 1.29 is 9.53 Å². The molecule has 0 aromatic carbocycles. The zero-order valence-electron chi connectivity index (χ0n) is 10.6. The lowest BCUT2D eigenvalue weighted by molar-refractivity contribution is -0.145. The standard InChI is InChI=1S/C12H17ClN2O2S/c1-12(2)8-17-4-3-15(12)11(16)5-10-14-9(6-13)7-18-10/h7H,3-6,8H2,1-2H3. The van der Waals surface area contributed by atoms with Gasteiger partial charge in [-0.3, -0.25) is 4.79 Å². The number of hydrogen-bond donors (Lipinski definition) is 0. The van der Waals surface area contributed by atoms with Crippen molar-refractivity contribution in [2.75, 3.05) is 19.8 Å². The molecule has 18 heavy (non-hydrogen) atoms. The predicted molar refractivity (Wildman–Crippen MR) is 72.0 cm³/mol. The van der Waals surface area contributed by atoms with E-state index in [2.05, 4.69) is 4.98 Å². The van der Waals surface area contributed by atoms with E-state index in [1.807, 2.05) is 24.1 Å². The summed E-state index contributed by atoms with van der Waals surface area (Å²) in [5.41, 5.74) is 0.604. The summed E-state index contributed by atoms with van der Waals surface area (Å²) in [6.45, 7) is 5.90. The highest BCUT2D eigenvalue weighted by atomic mass is 35.5. The largest absolute Gasteiger partial charge is 0.377 e. The average molecular weight is 289 g/mol. The fourth-order valence-corrected chi connectivity index (χ4v) is 3.05. The number of rotatable bonds is 3. The zero-order valence-corrected chi connectivity index (χ0v) is 12.2. The van der Waals surface area contributed by atoms with Gasteiger partial charge in [0.15, 0.2) is 0 Å². The maximum atomic E-state index is 12.3. The van der Waals surface area contributed by atoms with E-state index in [1.165, 1.54) is 11.3 Å². The lowest BCUT2D eigenvalue weighted by atomic mass is 10.0. The number of nitrogens with zero attached hydrogens (tertiary/aromatic N) is 2. The quantitative estimate of drug-likeness (QED) is 0.800. The second kappa shape index (κ2) is 5.55. The van der Waals surface area contributed by atoms with Crippen molar-refractivity contribution in [2.24, 2.45) is 0 Å². The minimum Gasteiger partial charge on any atom is -0.377 e. The molecule has 0 radical (unpaired) electrons. The van der Waals surface area contributed by atoms with Gasteiger partial charge in [-0.2, -0.15) is 0 Å². The monoisotopic (exact) mass is 288 g/mol. The molecule has 0 bridgehead atoms. The predicted octanol–water partition coefficient (Wildman–Crippen LogP) is 2.06. The molecular formula is C12H17ClN2O2S. The lowest BCUT2D eigenvalue weighted by Crippen LogP contribution is -2.55. The molecule has 1 fully saturated rings. The Balaban J connectivity index is 2.02. The van der Waals surface area contributed by atoms with E-state index < -0.39 is 0 Å². The molecule has 1 aromatic heterocycles. The van der Waals surface area contributed by atoms with Crippen LogP contribution in [0.2, 0.25) is 0 Å². The van der Waals surface area contributed by atoms with Crippen LogP contribution in [0.25, 0.3) is 0 Å². The van der Waals surface area contributed by atoms with Gasteiger partial charge in [-0.05, 0) is 13.8 Å². The number of ether oxygens (including phenoxy) is 1. The summed E-state index contributed by atoms with van der Waals surface area (Å²) >= 11 is 7.20. The first-order valence-electron chi connectivity index (χ1n) is 5.90. The highest BCUT2D eigenvalue weighted by Gasteiger charge is 2.34. The summed E-state index contributed by atoms with van der Waals surface area (Å²) in [7, 11) is 0. The third kappa shape index (κ3) is 3.02. The van der Waals surface area contributed by atoms with E-state index in [-0.39, 0.29) is 11.4 Å². The third-order valence-corrected chi connectivity index (χ3v) is 4.16. The molecule has 0 aliphatic carbocycles. The number of amides is 1. The smallest absolute Gasteiger partial charge is 0.230 e. The van der Waals surface area contributed by atoms with Gasteiger partial charge in [0.1, 0.15) is 5.01 Å². The molecule has 0 N–H and O–H groups in total. The molecule has 1 aliphatic rings. The Morgan fingerprint density at radius 3 is 3.06 bits per heavy atom. The number of halogens is 1. The van der Waals surface area contributed by atoms with Crippen LogP contribution in [0.5, 0.6) is 0 Å². The molecule has 1 aliphatic heterocycles. The first-order chi connectivity index (χ1) is 8.53. The van der Waals surface area contributed by atoms with Crippen molar-refractivity contribution in [2.45, 2.75) is 31.7 Å². The molecule has 4 nitrogen and oxygen atoms in total. The van der Waals surface area contributed by atoms with Crippen molar-refractivity contribution in [3.63, 3.8) is 0 Å². The van der Waals surface area contributed by atoms with Crippen LogP contribution in [-0.4, -0.2) is 41.1 Å². The van der Waals surface area contributed by atoms with Crippen LogP contribution in [-0.2, 0) is 21.8 Å². The van der Waals surface area contributed by atoms with Crippen molar-refractivity contribution in [1.29, 1.82) is 0 Å². The summed E-state index contributed by atoms with van der Waals surface area (Å²) in [6.07, 6.45) is 0.352. The number of thiazole rings is 1. The second-order valence-corrected chi connectivity index (χ2v) is 6.16. The molecule has 1 amide bonds. The van der Waals surface area contributed by atoms with Gasteiger partial charge in [-0.25, -0.2) is 4.98 Å². The van der Waals surface area contributed by atoms with E-state index in [0.717, 1.165) is 10.7 Å². The third-order valence-electron chi connectivity index (χ3n) is 2.98. The SMILES string of the molecule is CC1(C)COCCN1C(=O)Cc1nc(CCl)cs1. The molecule has 1 aromatic rings. The first-order valence-corrected chi connectivity index (χ1v) is 7.32. The Bertz CT molecular complexity index is 433. The number of carbonyl (C=O) groups is 1. The van der Waals surface area contributed by atoms with Gasteiger partial charge in [0.25, 0.3) is 0 Å². The number of carbonyl (C=O) groups excluding carboxylic acids is 1. The summed E-state index contributed by atoms with van der Waals surface area (Å²) in [5.74, 6) is 0.507. The van der Waals surface area contributed by atoms with Crippen molar-refractivity contribution >= 4 is 28.8 Å². The Kier molecular flexibility index (Phi) is 4.25. The van der Waals surface area contributed by atoms with Crippen LogP contribution in [0.4, 0.5) is 0 Å². The number of alkyl halides is 1. The van der Waals surface area contributed by atoms with E-state index in [4.69, 9.17) is 16.3 Å². The molecule has 6 heteroatoms. The van der Waals surface area contributed by atoms with E-state index in [9.17, 15) is 4.79 Å². The van der Waals surface area contributed by atoms with Crippen LogP contribution >= 0.6 is 22.9 Å². The van der Waals surface area contributed by atoms with Gasteiger partial charge < -0.3 is 9.64 Å². The summed E-state index contributed by atoms with van der Waals surface area (Å²) < 4.78 is 5.41. The Labute approximate surface area is 116 Å². The van der Waals surface area contributed by atoms with Gasteiger partial charge in [-0.15, -0.1) is 22.9 Å². The summed E-state index contributed by atoms with van der Waals surface area (Å²) in [6, 6.07) is 0. The van der Waals surface area contributed by atoms with E-state index in [0.29, 0.717) is 32.1 Å². The van der Waals surface area contributed by atoms with Crippen molar-refractivity contribution in [3.05, 3.63) is 16.1 Å². The molecule has 1 saturated heterocycles. The van der Waals surface area contributed by atoms with Crippen molar-refractivity contribution in [3.8, 4) is 0 Å². The Hall–Kier alpha value is -0.650. The highest BCUT2D eigenvalue weighted by molar-refractivity contribution is 7.09. The van der Waals surface area contributed by atoms with Crippen LogP contribution in [0.3, 0.4) is 0 Å². The fourth-order valence-electron chi connectivity index (χ4n) is 2.04. The maximum absolute atomic E-state index is 12.3. The molecule has 2 heterocycles. The summed E-state index contributed by atoms with van der Waals surface area (Å²) in [4.78, 5) is 18.5. The zero-order chi connectivity index (χ0) is 13.2. The van der Waals surface area contributed by atoms with Gasteiger partial charge in [-0.1, -0.05) is 0 Å². The molecular weight excluding hydrogens is 272 g/mol. The van der Waals surface area contributed by atoms with Crippen LogP contribution in [0, 0.1) is 0 Å². The number of hydrogen-bond acceptors (Lipinski definition) is 4. The van der Waals surface area contributed by atoms with Crippen LogP contribution in [0.1, 0.15) is 24.5 Å². The number of aromatic nitrogens is 1. The number of morpholine rings is 1. The molecule has 100 valence electrons. The Morgan fingerprint density at radius 1 is 1.67 bits per heavy atom. The molecule has 0 saturated carbocycles. The van der Waals surface area contributed by atoms with E-state index >= 15 is 0 Å². The van der Waals surface area contributed by atoms with Crippen LogP contribution < -0.4 is 0 Å². The Morgan fingerprint density at radius 2 is 2.44 bits per heavy atom. The minimum absolute atomic E-state index is 0.110. The lowest BCUT2D eigenvalue weighted by Gasteiger charge is -2.42. The van der Waals surface area contributed by atoms with E-state index in [1.54, 1.807) is 0 Å². The first kappa shape index (κ1) is 13.8. The fraction of sp³-hybridized carbons (Fsp3) is 0.667. The normalized spacial score (nSPS) is 18.9. The molecule has 2 rings (SSSR count). The van der Waals surface area contributed by atoms with Gasteiger partial charge in [0.05, 0.1) is 36.7 Å². The second-order valence-electron chi connectivity index (χ2n) is 4.95. The van der Waals surface area contributed by atoms with Gasteiger partial charge in [0.2, 0.25) is 5.91 Å². The maximum Gasteiger partial charge on any atom is 0.230 e.